The standard InChI is InChI=1S/C17H24ClNO/c1-11(17(2,3)4)9-15(20)19-16-13-8-6-5-7-12(13)10-14(16)18/h5-8,11,14,16H,9-10H2,1-4H3,(H,19,20). The highest BCUT2D eigenvalue weighted by Crippen LogP contribution is 2.35. The van der Waals surface area contributed by atoms with Crippen LogP contribution in [0, 0.1) is 11.3 Å². The van der Waals surface area contributed by atoms with Crippen molar-refractivity contribution in [2.45, 2.75) is 52.0 Å². The van der Waals surface area contributed by atoms with Crippen molar-refractivity contribution in [1.29, 1.82) is 0 Å². The SMILES string of the molecule is CC(CC(=O)NC1c2ccccc2CC1Cl)C(C)(C)C. The number of carbonyl (C=O) groups is 1. The Balaban J connectivity index is 2.02. The first kappa shape index (κ1) is 15.4. The molecular weight excluding hydrogens is 270 g/mol. The molecule has 0 spiro atoms. The predicted octanol–water partition coefficient (Wildman–Crippen LogP) is 4.08. The van der Waals surface area contributed by atoms with Gasteiger partial charge in [-0.1, -0.05) is 52.0 Å². The third-order valence-corrected chi connectivity index (χ3v) is 4.86. The van der Waals surface area contributed by atoms with Crippen molar-refractivity contribution >= 4 is 17.5 Å². The summed E-state index contributed by atoms with van der Waals surface area (Å²) >= 11 is 6.40. The normalized spacial score (nSPS) is 23.2. The molecule has 1 amide bonds. The van der Waals surface area contributed by atoms with Gasteiger partial charge in [-0.2, -0.15) is 0 Å². The van der Waals surface area contributed by atoms with Gasteiger partial charge >= 0.3 is 0 Å². The van der Waals surface area contributed by atoms with Gasteiger partial charge in [-0.05, 0) is 28.9 Å². The Kier molecular flexibility index (Phi) is 4.43. The van der Waals surface area contributed by atoms with Gasteiger partial charge in [0.1, 0.15) is 0 Å². The van der Waals surface area contributed by atoms with Gasteiger partial charge < -0.3 is 5.32 Å². The molecule has 0 saturated carbocycles. The number of carbonyl (C=O) groups excluding carboxylic acids is 1. The van der Waals surface area contributed by atoms with Crippen LogP contribution in [0.25, 0.3) is 0 Å². The molecule has 1 N–H and O–H groups in total. The zero-order chi connectivity index (χ0) is 14.9. The van der Waals surface area contributed by atoms with E-state index in [0.29, 0.717) is 12.3 Å². The van der Waals surface area contributed by atoms with Crippen LogP contribution in [-0.4, -0.2) is 11.3 Å². The van der Waals surface area contributed by atoms with Gasteiger partial charge in [-0.25, -0.2) is 0 Å². The Morgan fingerprint density at radius 3 is 2.70 bits per heavy atom. The van der Waals surface area contributed by atoms with Gasteiger partial charge in [0, 0.05) is 6.42 Å². The van der Waals surface area contributed by atoms with Crippen LogP contribution in [0.1, 0.15) is 51.3 Å². The number of hydrogen-bond donors (Lipinski definition) is 1. The summed E-state index contributed by atoms with van der Waals surface area (Å²) in [5, 5.41) is 3.08. The van der Waals surface area contributed by atoms with Gasteiger partial charge in [0.25, 0.3) is 0 Å². The summed E-state index contributed by atoms with van der Waals surface area (Å²) in [5.74, 6) is 0.438. The zero-order valence-corrected chi connectivity index (χ0v) is 13.5. The summed E-state index contributed by atoms with van der Waals surface area (Å²) in [5.41, 5.74) is 2.57. The smallest absolute Gasteiger partial charge is 0.220 e. The Morgan fingerprint density at radius 1 is 1.40 bits per heavy atom. The molecule has 0 bridgehead atoms. The van der Waals surface area contributed by atoms with Crippen molar-refractivity contribution in [3.05, 3.63) is 35.4 Å². The fourth-order valence-corrected chi connectivity index (χ4v) is 2.90. The van der Waals surface area contributed by atoms with E-state index in [1.807, 2.05) is 12.1 Å². The number of hydrogen-bond acceptors (Lipinski definition) is 1. The molecular formula is C17H24ClNO. The quantitative estimate of drug-likeness (QED) is 0.836. The van der Waals surface area contributed by atoms with Gasteiger partial charge in [-0.3, -0.25) is 4.79 Å². The number of fused-ring (bicyclic) bond motifs is 1. The molecule has 0 radical (unpaired) electrons. The van der Waals surface area contributed by atoms with Crippen LogP contribution in [-0.2, 0) is 11.2 Å². The Bertz CT molecular complexity index is 492. The van der Waals surface area contributed by atoms with E-state index in [9.17, 15) is 4.79 Å². The largest absolute Gasteiger partial charge is 0.348 e. The number of benzene rings is 1. The molecule has 3 heteroatoms. The summed E-state index contributed by atoms with van der Waals surface area (Å²) in [6.45, 7) is 8.63. The second-order valence-corrected chi connectivity index (χ2v) is 7.50. The maximum Gasteiger partial charge on any atom is 0.220 e. The van der Waals surface area contributed by atoms with E-state index in [1.165, 1.54) is 11.1 Å². The Morgan fingerprint density at radius 2 is 2.05 bits per heavy atom. The molecule has 2 rings (SSSR count). The number of amides is 1. The molecule has 0 saturated heterocycles. The van der Waals surface area contributed by atoms with E-state index in [2.05, 4.69) is 45.1 Å². The first-order valence-corrected chi connectivity index (χ1v) is 7.74. The number of nitrogens with one attached hydrogen (secondary N) is 1. The number of rotatable bonds is 3. The summed E-state index contributed by atoms with van der Waals surface area (Å²) in [6.07, 6.45) is 1.38. The zero-order valence-electron chi connectivity index (χ0n) is 12.7. The van der Waals surface area contributed by atoms with Crippen LogP contribution < -0.4 is 5.32 Å². The summed E-state index contributed by atoms with van der Waals surface area (Å²) < 4.78 is 0. The van der Waals surface area contributed by atoms with E-state index >= 15 is 0 Å². The minimum Gasteiger partial charge on any atom is -0.348 e. The van der Waals surface area contributed by atoms with Crippen molar-refractivity contribution < 1.29 is 4.79 Å². The minimum absolute atomic E-state index is 0.0405. The highest BCUT2D eigenvalue weighted by atomic mass is 35.5. The Hall–Kier alpha value is -1.02. The fourth-order valence-electron chi connectivity index (χ4n) is 2.53. The molecule has 20 heavy (non-hydrogen) atoms. The molecule has 1 aromatic carbocycles. The average molecular weight is 294 g/mol. The Labute approximate surface area is 126 Å². The highest BCUT2D eigenvalue weighted by Gasteiger charge is 2.32. The van der Waals surface area contributed by atoms with Gasteiger partial charge in [0.15, 0.2) is 0 Å². The number of halogens is 1. The molecule has 1 aliphatic carbocycles. The summed E-state index contributed by atoms with van der Waals surface area (Å²) in [6, 6.07) is 8.14. The maximum absolute atomic E-state index is 12.2. The molecule has 1 aliphatic rings. The van der Waals surface area contributed by atoms with Gasteiger partial charge in [0.05, 0.1) is 11.4 Å². The number of alkyl halides is 1. The highest BCUT2D eigenvalue weighted by molar-refractivity contribution is 6.21. The van der Waals surface area contributed by atoms with E-state index in [1.54, 1.807) is 0 Å². The summed E-state index contributed by atoms with van der Waals surface area (Å²) in [4.78, 5) is 12.2. The molecule has 3 atom stereocenters. The van der Waals surface area contributed by atoms with Gasteiger partial charge in [0.2, 0.25) is 5.91 Å². The van der Waals surface area contributed by atoms with E-state index in [0.717, 1.165) is 6.42 Å². The predicted molar refractivity (Wildman–Crippen MR) is 83.9 cm³/mol. The molecule has 0 fully saturated rings. The lowest BCUT2D eigenvalue weighted by Gasteiger charge is -2.27. The second-order valence-electron chi connectivity index (χ2n) is 6.94. The van der Waals surface area contributed by atoms with Crippen LogP contribution >= 0.6 is 11.6 Å². The van der Waals surface area contributed by atoms with Crippen LogP contribution in [0.4, 0.5) is 0 Å². The average Bonchev–Trinajstić information content (AvgIpc) is 2.65. The summed E-state index contributed by atoms with van der Waals surface area (Å²) in [7, 11) is 0. The molecule has 3 unspecified atom stereocenters. The van der Waals surface area contributed by atoms with Crippen LogP contribution in [0.5, 0.6) is 0 Å². The third-order valence-electron chi connectivity index (χ3n) is 4.45. The maximum atomic E-state index is 12.2. The second kappa shape index (κ2) is 5.77. The topological polar surface area (TPSA) is 29.1 Å². The first-order valence-electron chi connectivity index (χ1n) is 7.30. The monoisotopic (exact) mass is 293 g/mol. The fraction of sp³-hybridized carbons (Fsp3) is 0.588. The molecule has 110 valence electrons. The molecule has 2 nitrogen and oxygen atoms in total. The van der Waals surface area contributed by atoms with Crippen LogP contribution in [0.3, 0.4) is 0 Å². The van der Waals surface area contributed by atoms with Gasteiger partial charge in [-0.15, -0.1) is 11.6 Å². The molecule has 1 aromatic rings. The van der Waals surface area contributed by atoms with Crippen LogP contribution in [0.2, 0.25) is 0 Å². The first-order chi connectivity index (χ1) is 9.29. The lowest BCUT2D eigenvalue weighted by atomic mass is 9.80. The lowest BCUT2D eigenvalue weighted by Crippen LogP contribution is -2.34. The lowest BCUT2D eigenvalue weighted by molar-refractivity contribution is -0.123. The minimum atomic E-state index is -0.0486. The van der Waals surface area contributed by atoms with Crippen molar-refractivity contribution in [2.75, 3.05) is 0 Å². The molecule has 0 aliphatic heterocycles. The van der Waals surface area contributed by atoms with Crippen molar-refractivity contribution in [3.8, 4) is 0 Å². The van der Waals surface area contributed by atoms with Crippen molar-refractivity contribution in [1.82, 2.24) is 5.32 Å². The van der Waals surface area contributed by atoms with Crippen molar-refractivity contribution in [3.63, 3.8) is 0 Å². The van der Waals surface area contributed by atoms with E-state index in [-0.39, 0.29) is 22.7 Å². The third kappa shape index (κ3) is 3.35. The van der Waals surface area contributed by atoms with Crippen LogP contribution in [0.15, 0.2) is 24.3 Å². The van der Waals surface area contributed by atoms with E-state index in [4.69, 9.17) is 11.6 Å². The molecule has 0 heterocycles. The van der Waals surface area contributed by atoms with Crippen molar-refractivity contribution in [2.24, 2.45) is 11.3 Å². The molecule has 0 aromatic heterocycles. The van der Waals surface area contributed by atoms with E-state index < -0.39 is 0 Å².